The predicted octanol–water partition coefficient (Wildman–Crippen LogP) is 2.45. The lowest BCUT2D eigenvalue weighted by Gasteiger charge is -2.13. The minimum atomic E-state index is -5.23. The SMILES string of the molecule is N#CCc1c(C#N)nc(C(F)(F)F)nc1C(F)(F)F. The lowest BCUT2D eigenvalue weighted by atomic mass is 10.1. The summed E-state index contributed by atoms with van der Waals surface area (Å²) in [5, 5.41) is 16.9. The molecular formula is C9H2F6N4. The summed E-state index contributed by atoms with van der Waals surface area (Å²) in [7, 11) is 0. The Morgan fingerprint density at radius 3 is 1.89 bits per heavy atom. The molecule has 1 rings (SSSR count). The van der Waals surface area contributed by atoms with E-state index in [2.05, 4.69) is 9.97 Å². The molecule has 0 radical (unpaired) electrons. The molecular weight excluding hydrogens is 278 g/mol. The first-order chi connectivity index (χ1) is 8.61. The number of nitrogens with zero attached hydrogens (tertiary/aromatic N) is 4. The summed E-state index contributed by atoms with van der Waals surface area (Å²) in [6.07, 6.45) is -11.4. The van der Waals surface area contributed by atoms with Crippen molar-refractivity contribution in [3.8, 4) is 12.1 Å². The van der Waals surface area contributed by atoms with E-state index >= 15 is 0 Å². The van der Waals surface area contributed by atoms with Crippen LogP contribution in [0.15, 0.2) is 0 Å². The molecule has 1 aromatic heterocycles. The van der Waals surface area contributed by atoms with Crippen LogP contribution in [0, 0.1) is 22.7 Å². The molecule has 10 heteroatoms. The second-order valence-electron chi connectivity index (χ2n) is 3.17. The number of rotatable bonds is 1. The van der Waals surface area contributed by atoms with Crippen LogP contribution < -0.4 is 0 Å². The summed E-state index contributed by atoms with van der Waals surface area (Å²) in [6.45, 7) is 0. The molecule has 0 aliphatic carbocycles. The molecule has 1 heterocycles. The Bertz CT molecular complexity index is 575. The number of alkyl halides is 6. The maximum atomic E-state index is 12.6. The molecule has 0 spiro atoms. The van der Waals surface area contributed by atoms with Crippen molar-refractivity contribution in [2.75, 3.05) is 0 Å². The van der Waals surface area contributed by atoms with Crippen LogP contribution in [0.1, 0.15) is 22.8 Å². The van der Waals surface area contributed by atoms with E-state index in [4.69, 9.17) is 10.5 Å². The first-order valence-corrected chi connectivity index (χ1v) is 4.43. The molecule has 0 saturated heterocycles. The molecule has 0 unspecified atom stereocenters. The van der Waals surface area contributed by atoms with Crippen LogP contribution in [-0.4, -0.2) is 9.97 Å². The summed E-state index contributed by atoms with van der Waals surface area (Å²) < 4.78 is 74.7. The van der Waals surface area contributed by atoms with E-state index in [1.54, 1.807) is 0 Å². The topological polar surface area (TPSA) is 73.4 Å². The summed E-state index contributed by atoms with van der Waals surface area (Å²) >= 11 is 0. The van der Waals surface area contributed by atoms with E-state index in [1.807, 2.05) is 0 Å². The molecule has 0 N–H and O–H groups in total. The molecule has 1 aromatic rings. The van der Waals surface area contributed by atoms with Gasteiger partial charge >= 0.3 is 12.4 Å². The van der Waals surface area contributed by atoms with Crippen molar-refractivity contribution in [3.05, 3.63) is 22.8 Å². The van der Waals surface area contributed by atoms with Crippen molar-refractivity contribution in [3.63, 3.8) is 0 Å². The fourth-order valence-electron chi connectivity index (χ4n) is 1.18. The third-order valence-electron chi connectivity index (χ3n) is 1.89. The third-order valence-corrected chi connectivity index (χ3v) is 1.89. The summed E-state index contributed by atoms with van der Waals surface area (Å²) in [6, 6.07) is 2.42. The van der Waals surface area contributed by atoms with Crippen molar-refractivity contribution in [2.24, 2.45) is 0 Å². The fourth-order valence-corrected chi connectivity index (χ4v) is 1.18. The molecule has 0 fully saturated rings. The normalized spacial score (nSPS) is 11.8. The molecule has 0 bridgehead atoms. The number of nitriles is 2. The molecule has 0 atom stereocenters. The molecule has 19 heavy (non-hydrogen) atoms. The van der Waals surface area contributed by atoms with Gasteiger partial charge in [-0.1, -0.05) is 0 Å². The van der Waals surface area contributed by atoms with Crippen LogP contribution in [-0.2, 0) is 18.8 Å². The zero-order valence-corrected chi connectivity index (χ0v) is 8.76. The van der Waals surface area contributed by atoms with E-state index in [0.717, 1.165) is 6.07 Å². The summed E-state index contributed by atoms with van der Waals surface area (Å²) in [5.41, 5.74) is -4.00. The van der Waals surface area contributed by atoms with Crippen molar-refractivity contribution < 1.29 is 26.3 Å². The largest absolute Gasteiger partial charge is 0.451 e. The predicted molar refractivity (Wildman–Crippen MR) is 46.1 cm³/mol. The van der Waals surface area contributed by atoms with Gasteiger partial charge in [-0.15, -0.1) is 0 Å². The minimum absolute atomic E-state index is 0.921. The van der Waals surface area contributed by atoms with Gasteiger partial charge in [-0.3, -0.25) is 0 Å². The zero-order valence-electron chi connectivity index (χ0n) is 8.76. The van der Waals surface area contributed by atoms with Crippen molar-refractivity contribution in [1.29, 1.82) is 10.5 Å². The van der Waals surface area contributed by atoms with Gasteiger partial charge in [0.1, 0.15) is 11.8 Å². The van der Waals surface area contributed by atoms with Gasteiger partial charge in [-0.05, 0) is 0 Å². The van der Waals surface area contributed by atoms with Gasteiger partial charge in [0.2, 0.25) is 5.82 Å². The summed E-state index contributed by atoms with van der Waals surface area (Å²) in [5.74, 6) is -2.07. The lowest BCUT2D eigenvalue weighted by molar-refractivity contribution is -0.153. The zero-order chi connectivity index (χ0) is 14.8. The summed E-state index contributed by atoms with van der Waals surface area (Å²) in [4.78, 5) is 5.09. The highest BCUT2D eigenvalue weighted by Gasteiger charge is 2.42. The van der Waals surface area contributed by atoms with E-state index in [1.165, 1.54) is 6.07 Å². The molecule has 0 saturated carbocycles. The highest BCUT2D eigenvalue weighted by atomic mass is 19.4. The van der Waals surface area contributed by atoms with Gasteiger partial charge < -0.3 is 0 Å². The van der Waals surface area contributed by atoms with Gasteiger partial charge in [0, 0.05) is 5.56 Å². The van der Waals surface area contributed by atoms with Crippen LogP contribution >= 0.6 is 0 Å². The molecule has 0 amide bonds. The highest BCUT2D eigenvalue weighted by molar-refractivity contribution is 5.38. The maximum absolute atomic E-state index is 12.6. The first kappa shape index (κ1) is 14.7. The van der Waals surface area contributed by atoms with Gasteiger partial charge in [0.15, 0.2) is 5.69 Å². The van der Waals surface area contributed by atoms with E-state index in [-0.39, 0.29) is 0 Å². The van der Waals surface area contributed by atoms with Crippen LogP contribution in [0.3, 0.4) is 0 Å². The number of aromatic nitrogens is 2. The van der Waals surface area contributed by atoms with E-state index in [9.17, 15) is 26.3 Å². The van der Waals surface area contributed by atoms with Crippen LogP contribution in [0.25, 0.3) is 0 Å². The quantitative estimate of drug-likeness (QED) is 0.740. The first-order valence-electron chi connectivity index (χ1n) is 4.43. The lowest BCUT2D eigenvalue weighted by Crippen LogP contribution is -2.21. The Morgan fingerprint density at radius 2 is 1.53 bits per heavy atom. The van der Waals surface area contributed by atoms with Crippen molar-refractivity contribution in [2.45, 2.75) is 18.8 Å². The fraction of sp³-hybridized carbons (Fsp3) is 0.333. The Hall–Kier alpha value is -2.36. The number of hydrogen-bond donors (Lipinski definition) is 0. The molecule has 0 aromatic carbocycles. The maximum Gasteiger partial charge on any atom is 0.451 e. The van der Waals surface area contributed by atoms with Crippen molar-refractivity contribution in [1.82, 2.24) is 9.97 Å². The Morgan fingerprint density at radius 1 is 0.947 bits per heavy atom. The smallest absolute Gasteiger partial charge is 0.219 e. The standard InChI is InChI=1S/C9H2F6N4/c10-8(11,12)6-4(1-2-16)5(3-17)18-7(19-6)9(13,14)15/h1H2. The van der Waals surface area contributed by atoms with Gasteiger partial charge in [-0.25, -0.2) is 9.97 Å². The van der Waals surface area contributed by atoms with Crippen LogP contribution in [0.2, 0.25) is 0 Å². The van der Waals surface area contributed by atoms with Crippen molar-refractivity contribution >= 4 is 0 Å². The van der Waals surface area contributed by atoms with Gasteiger partial charge in [0.05, 0.1) is 12.5 Å². The monoisotopic (exact) mass is 280 g/mol. The Kier molecular flexibility index (Phi) is 3.65. The molecule has 0 aliphatic heterocycles. The molecule has 100 valence electrons. The number of hydrogen-bond acceptors (Lipinski definition) is 4. The third kappa shape index (κ3) is 3.10. The second-order valence-corrected chi connectivity index (χ2v) is 3.17. The van der Waals surface area contributed by atoms with E-state index < -0.39 is 41.5 Å². The molecule has 0 aliphatic rings. The van der Waals surface area contributed by atoms with Gasteiger partial charge in [-0.2, -0.15) is 36.9 Å². The second kappa shape index (κ2) is 4.72. The minimum Gasteiger partial charge on any atom is -0.219 e. The Balaban J connectivity index is 3.67. The average molecular weight is 280 g/mol. The molecule has 4 nitrogen and oxygen atoms in total. The Labute approximate surface area is 101 Å². The van der Waals surface area contributed by atoms with Crippen LogP contribution in [0.5, 0.6) is 0 Å². The van der Waals surface area contributed by atoms with Crippen LogP contribution in [0.4, 0.5) is 26.3 Å². The highest BCUT2D eigenvalue weighted by Crippen LogP contribution is 2.34. The average Bonchev–Trinajstić information content (AvgIpc) is 2.26. The van der Waals surface area contributed by atoms with E-state index in [0.29, 0.717) is 0 Å². The van der Waals surface area contributed by atoms with Gasteiger partial charge in [0.25, 0.3) is 0 Å². The number of halogens is 6.